The fourth-order valence-electron chi connectivity index (χ4n) is 5.09. The number of fused-ring (bicyclic) bond motifs is 1. The van der Waals surface area contributed by atoms with Crippen LogP contribution >= 0.6 is 0 Å². The molecule has 23 heavy (non-hydrogen) atoms. The Labute approximate surface area is 140 Å². The first-order valence-corrected chi connectivity index (χ1v) is 9.06. The molecule has 2 N–H and O–H groups in total. The predicted molar refractivity (Wildman–Crippen MR) is 92.0 cm³/mol. The summed E-state index contributed by atoms with van der Waals surface area (Å²) in [4.78, 5) is 0. The van der Waals surface area contributed by atoms with Gasteiger partial charge in [0.1, 0.15) is 0 Å². The zero-order chi connectivity index (χ0) is 17.0. The van der Waals surface area contributed by atoms with Gasteiger partial charge in [-0.2, -0.15) is 0 Å². The summed E-state index contributed by atoms with van der Waals surface area (Å²) in [6.45, 7) is 12.2. The van der Waals surface area contributed by atoms with Crippen molar-refractivity contribution in [1.82, 2.24) is 0 Å². The number of ether oxygens (including phenoxy) is 1. The van der Waals surface area contributed by atoms with Crippen LogP contribution in [0.4, 0.5) is 0 Å². The number of hydrogen-bond acceptors (Lipinski definition) is 3. The van der Waals surface area contributed by atoms with Gasteiger partial charge in [0.25, 0.3) is 0 Å². The molecule has 0 unspecified atom stereocenters. The third-order valence-electron chi connectivity index (χ3n) is 6.62. The third-order valence-corrected chi connectivity index (χ3v) is 6.62. The van der Waals surface area contributed by atoms with Gasteiger partial charge >= 0.3 is 0 Å². The zero-order valence-corrected chi connectivity index (χ0v) is 15.0. The summed E-state index contributed by atoms with van der Waals surface area (Å²) in [6.07, 6.45) is 6.40. The van der Waals surface area contributed by atoms with Crippen molar-refractivity contribution in [2.75, 3.05) is 0 Å². The molecule has 2 fully saturated rings. The van der Waals surface area contributed by atoms with Crippen molar-refractivity contribution in [3.05, 3.63) is 23.8 Å². The van der Waals surface area contributed by atoms with Crippen molar-refractivity contribution in [1.29, 1.82) is 0 Å². The minimum absolute atomic E-state index is 0.100. The van der Waals surface area contributed by atoms with E-state index in [9.17, 15) is 10.2 Å². The molecular weight excluding hydrogens is 288 g/mol. The smallest absolute Gasteiger partial charge is 0.0865 e. The summed E-state index contributed by atoms with van der Waals surface area (Å²) < 4.78 is 6.34. The molecule has 1 saturated carbocycles. The molecule has 0 bridgehead atoms. The minimum atomic E-state index is -0.831. The molecule has 6 atom stereocenters. The highest BCUT2D eigenvalue weighted by molar-refractivity contribution is 5.25. The fourth-order valence-corrected chi connectivity index (χ4v) is 5.09. The molecule has 1 aliphatic heterocycles. The van der Waals surface area contributed by atoms with Crippen LogP contribution in [0.15, 0.2) is 23.8 Å². The van der Waals surface area contributed by atoms with E-state index >= 15 is 0 Å². The van der Waals surface area contributed by atoms with Gasteiger partial charge < -0.3 is 14.9 Å². The van der Waals surface area contributed by atoms with Gasteiger partial charge in [-0.05, 0) is 65.7 Å². The first kappa shape index (κ1) is 17.2. The summed E-state index contributed by atoms with van der Waals surface area (Å²) in [5.74, 6) is 0.685. The van der Waals surface area contributed by atoms with Crippen LogP contribution in [0.2, 0.25) is 0 Å². The van der Waals surface area contributed by atoms with Crippen molar-refractivity contribution >= 4 is 0 Å². The topological polar surface area (TPSA) is 49.7 Å². The molecule has 1 saturated heterocycles. The van der Waals surface area contributed by atoms with Crippen LogP contribution in [0.3, 0.4) is 0 Å². The lowest BCUT2D eigenvalue weighted by atomic mass is 9.74. The quantitative estimate of drug-likeness (QED) is 0.764. The maximum absolute atomic E-state index is 11.2. The first-order valence-electron chi connectivity index (χ1n) is 9.06. The highest BCUT2D eigenvalue weighted by atomic mass is 16.5. The van der Waals surface area contributed by atoms with Crippen LogP contribution in [0.5, 0.6) is 0 Å². The molecule has 2 aliphatic carbocycles. The number of rotatable bonds is 2. The minimum Gasteiger partial charge on any atom is -0.392 e. The highest BCUT2D eigenvalue weighted by Gasteiger charge is 2.52. The van der Waals surface area contributed by atoms with E-state index in [1.807, 2.05) is 13.8 Å². The molecule has 0 aromatic heterocycles. The van der Waals surface area contributed by atoms with E-state index in [-0.39, 0.29) is 29.6 Å². The average Bonchev–Trinajstić information content (AvgIpc) is 2.99. The summed E-state index contributed by atoms with van der Waals surface area (Å²) in [5, 5.41) is 21.5. The monoisotopic (exact) mass is 320 g/mol. The van der Waals surface area contributed by atoms with Gasteiger partial charge in [-0.15, -0.1) is 0 Å². The van der Waals surface area contributed by atoms with Crippen molar-refractivity contribution in [2.24, 2.45) is 17.8 Å². The first-order chi connectivity index (χ1) is 10.6. The van der Waals surface area contributed by atoms with Crippen molar-refractivity contribution in [3.8, 4) is 0 Å². The van der Waals surface area contributed by atoms with Gasteiger partial charge in [-0.3, -0.25) is 0 Å². The molecule has 0 amide bonds. The molecule has 0 aromatic rings. The molecule has 3 nitrogen and oxygen atoms in total. The Hall–Kier alpha value is -0.640. The van der Waals surface area contributed by atoms with Gasteiger partial charge in [0, 0.05) is 11.8 Å². The SMILES string of the molecule is C=C1CC[C@@H]([C@]2(C)CC[C@H](C(C)(C)O)O2)[C@@H](O)[C@@H]2C(C)=CC[C@@H]12. The number of aliphatic hydroxyl groups is 2. The predicted octanol–water partition coefficient (Wildman–Crippen LogP) is 3.60. The number of hydrogen-bond donors (Lipinski definition) is 2. The van der Waals surface area contributed by atoms with Gasteiger partial charge in [-0.1, -0.05) is 23.8 Å². The Morgan fingerprint density at radius 1 is 1.35 bits per heavy atom. The molecule has 3 rings (SSSR count). The Balaban J connectivity index is 1.85. The average molecular weight is 320 g/mol. The van der Waals surface area contributed by atoms with E-state index in [4.69, 9.17) is 4.74 Å². The molecule has 3 aliphatic rings. The second-order valence-corrected chi connectivity index (χ2v) is 8.72. The van der Waals surface area contributed by atoms with E-state index in [1.54, 1.807) is 0 Å². The lowest BCUT2D eigenvalue weighted by Gasteiger charge is -2.40. The molecule has 1 heterocycles. The Morgan fingerprint density at radius 2 is 2.04 bits per heavy atom. The molecule has 130 valence electrons. The van der Waals surface area contributed by atoms with E-state index < -0.39 is 5.60 Å². The van der Waals surface area contributed by atoms with Crippen LogP contribution in [-0.2, 0) is 4.74 Å². The standard InChI is InChI=1S/C20H32O3/c1-12-7-9-15(18(21)17-13(2)6-8-14(12)17)20(5)11-10-16(23-20)19(3,4)22/h6,14-18,21-22H,1,7-11H2,2-5H3/t14-,15+,16+,17+,18+,20-/m0/s1. The van der Waals surface area contributed by atoms with Crippen LogP contribution in [-0.4, -0.2) is 33.6 Å². The lowest BCUT2D eigenvalue weighted by Crippen LogP contribution is -2.47. The summed E-state index contributed by atoms with van der Waals surface area (Å²) in [5.41, 5.74) is 1.40. The molecular formula is C20H32O3. The van der Waals surface area contributed by atoms with Crippen LogP contribution in [0.1, 0.15) is 59.8 Å². The molecule has 3 heteroatoms. The van der Waals surface area contributed by atoms with Crippen molar-refractivity contribution in [3.63, 3.8) is 0 Å². The second-order valence-electron chi connectivity index (χ2n) is 8.72. The Morgan fingerprint density at radius 3 is 2.65 bits per heavy atom. The van der Waals surface area contributed by atoms with E-state index in [0.717, 1.165) is 32.1 Å². The van der Waals surface area contributed by atoms with E-state index in [2.05, 4.69) is 26.5 Å². The largest absolute Gasteiger partial charge is 0.392 e. The summed E-state index contributed by atoms with van der Waals surface area (Å²) in [6, 6.07) is 0. The Kier molecular flexibility index (Phi) is 4.27. The van der Waals surface area contributed by atoms with Crippen molar-refractivity contribution in [2.45, 2.75) is 83.2 Å². The Bertz CT molecular complexity index is 515. The summed E-state index contributed by atoms with van der Waals surface area (Å²) >= 11 is 0. The lowest BCUT2D eigenvalue weighted by molar-refractivity contribution is -0.155. The van der Waals surface area contributed by atoms with Gasteiger partial charge in [0.05, 0.1) is 23.4 Å². The van der Waals surface area contributed by atoms with Crippen LogP contribution < -0.4 is 0 Å². The van der Waals surface area contributed by atoms with Crippen molar-refractivity contribution < 1.29 is 14.9 Å². The fraction of sp³-hybridized carbons (Fsp3) is 0.800. The van der Waals surface area contributed by atoms with Crippen LogP contribution in [0, 0.1) is 17.8 Å². The van der Waals surface area contributed by atoms with Gasteiger partial charge in [0.2, 0.25) is 0 Å². The van der Waals surface area contributed by atoms with Gasteiger partial charge in [0.15, 0.2) is 0 Å². The second kappa shape index (κ2) is 5.72. The van der Waals surface area contributed by atoms with Gasteiger partial charge in [-0.25, -0.2) is 0 Å². The maximum atomic E-state index is 11.2. The molecule has 0 spiro atoms. The normalized spacial score (nSPS) is 44.9. The number of allylic oxidation sites excluding steroid dienone is 2. The number of aliphatic hydroxyl groups excluding tert-OH is 1. The van der Waals surface area contributed by atoms with E-state index in [0.29, 0.717) is 5.92 Å². The third kappa shape index (κ3) is 2.92. The summed E-state index contributed by atoms with van der Waals surface area (Å²) in [7, 11) is 0. The molecule has 0 radical (unpaired) electrons. The maximum Gasteiger partial charge on any atom is 0.0865 e. The molecule has 0 aromatic carbocycles. The van der Waals surface area contributed by atoms with E-state index in [1.165, 1.54) is 11.1 Å². The van der Waals surface area contributed by atoms with Crippen LogP contribution in [0.25, 0.3) is 0 Å². The zero-order valence-electron chi connectivity index (χ0n) is 15.0. The highest BCUT2D eigenvalue weighted by Crippen LogP contribution is 2.51.